The number of hydrogen-bond donors (Lipinski definition) is 2. The van der Waals surface area contributed by atoms with E-state index in [0.717, 1.165) is 94.5 Å². The van der Waals surface area contributed by atoms with Gasteiger partial charge in [-0.05, 0) is 78.6 Å². The molecule has 56 heavy (non-hydrogen) atoms. The summed E-state index contributed by atoms with van der Waals surface area (Å²) >= 11 is 0. The normalized spacial score (nSPS) is 11.1. The summed E-state index contributed by atoms with van der Waals surface area (Å²) in [4.78, 5) is 0. The highest BCUT2D eigenvalue weighted by molar-refractivity contribution is 5.86. The molecule has 0 aliphatic carbocycles. The first-order valence-corrected chi connectivity index (χ1v) is 20.4. The quantitative estimate of drug-likeness (QED) is 0.0604. The topological polar surface area (TPSA) is 58.9 Å². The van der Waals surface area contributed by atoms with E-state index in [9.17, 15) is 10.2 Å². The zero-order chi connectivity index (χ0) is 39.1. The molecule has 0 fully saturated rings. The van der Waals surface area contributed by atoms with Gasteiger partial charge in [-0.25, -0.2) is 0 Å². The van der Waals surface area contributed by atoms with Crippen molar-refractivity contribution in [3.8, 4) is 67.5 Å². The Balaban J connectivity index is 1.27. The number of allylic oxidation sites excluding steroid dienone is 1. The molecule has 6 rings (SSSR count). The van der Waals surface area contributed by atoms with Crippen molar-refractivity contribution in [2.45, 2.75) is 71.6 Å². The maximum Gasteiger partial charge on any atom is 0.131 e. The number of benzene rings is 6. The number of unbranched alkanes of at least 4 members (excludes halogenated alkanes) is 4. The average molecular weight is 745 g/mol. The second kappa shape index (κ2) is 20.3. The van der Waals surface area contributed by atoms with Crippen LogP contribution in [0.1, 0.15) is 69.9 Å². The van der Waals surface area contributed by atoms with E-state index in [1.165, 1.54) is 24.0 Å². The van der Waals surface area contributed by atoms with Crippen LogP contribution in [0, 0.1) is 5.92 Å². The number of rotatable bonds is 20. The fourth-order valence-electron chi connectivity index (χ4n) is 7.35. The molecule has 0 atom stereocenters. The van der Waals surface area contributed by atoms with E-state index in [0.29, 0.717) is 19.6 Å². The van der Waals surface area contributed by atoms with Gasteiger partial charge in [-0.15, -0.1) is 6.58 Å². The summed E-state index contributed by atoms with van der Waals surface area (Å²) in [6.45, 7) is 9.29. The van der Waals surface area contributed by atoms with Crippen LogP contribution in [-0.4, -0.2) is 23.4 Å². The van der Waals surface area contributed by atoms with Crippen molar-refractivity contribution in [1.82, 2.24) is 0 Å². The van der Waals surface area contributed by atoms with Gasteiger partial charge in [0, 0.05) is 39.3 Å². The van der Waals surface area contributed by atoms with Crippen LogP contribution < -0.4 is 9.47 Å². The lowest BCUT2D eigenvalue weighted by atomic mass is 9.94. The standard InChI is InChI=1S/C52H56O4/c1-4-7-11-20-38-30-32-49(47(34-38)45-28-17-26-43(51(45)53)41-22-13-9-14-23-41)55-36-40(19-6-3)37-56-50-33-31-39(21-12-8-5-2)35-48(50)46-29-18-27-44(52(46)54)42-24-15-10-16-25-42/h6,9-10,13-18,22-35,40,53-54H,3-5,7-8,11-12,19-21,36-37H2,1-2H3. The second-order valence-electron chi connectivity index (χ2n) is 14.7. The lowest BCUT2D eigenvalue weighted by Crippen LogP contribution is -2.20. The summed E-state index contributed by atoms with van der Waals surface area (Å²) < 4.78 is 13.3. The van der Waals surface area contributed by atoms with Crippen molar-refractivity contribution in [1.29, 1.82) is 0 Å². The molecule has 288 valence electrons. The molecule has 2 N–H and O–H groups in total. The van der Waals surface area contributed by atoms with E-state index < -0.39 is 0 Å². The van der Waals surface area contributed by atoms with Gasteiger partial charge >= 0.3 is 0 Å². The van der Waals surface area contributed by atoms with Crippen molar-refractivity contribution in [2.75, 3.05) is 13.2 Å². The molecule has 0 heterocycles. The van der Waals surface area contributed by atoms with Crippen molar-refractivity contribution in [3.05, 3.63) is 157 Å². The van der Waals surface area contributed by atoms with E-state index in [1.807, 2.05) is 103 Å². The van der Waals surface area contributed by atoms with Crippen LogP contribution in [0.25, 0.3) is 44.5 Å². The zero-order valence-corrected chi connectivity index (χ0v) is 33.1. The molecule has 4 heteroatoms. The van der Waals surface area contributed by atoms with E-state index >= 15 is 0 Å². The van der Waals surface area contributed by atoms with Crippen LogP contribution in [0.5, 0.6) is 23.0 Å². The molecule has 0 unspecified atom stereocenters. The number of aryl methyl sites for hydroxylation is 2. The molecule has 0 spiro atoms. The fourth-order valence-corrected chi connectivity index (χ4v) is 7.35. The Hall–Kier alpha value is -5.74. The highest BCUT2D eigenvalue weighted by atomic mass is 16.5. The van der Waals surface area contributed by atoms with Gasteiger partial charge in [0.15, 0.2) is 0 Å². The lowest BCUT2D eigenvalue weighted by Gasteiger charge is -2.21. The smallest absolute Gasteiger partial charge is 0.131 e. The molecule has 0 aromatic heterocycles. The van der Waals surface area contributed by atoms with E-state index in [-0.39, 0.29) is 17.4 Å². The van der Waals surface area contributed by atoms with Crippen molar-refractivity contribution < 1.29 is 19.7 Å². The van der Waals surface area contributed by atoms with Crippen molar-refractivity contribution >= 4 is 0 Å². The third-order valence-corrected chi connectivity index (χ3v) is 10.5. The Bertz CT molecular complexity index is 2000. The summed E-state index contributed by atoms with van der Waals surface area (Å²) in [6, 6.07) is 44.6. The third kappa shape index (κ3) is 10.1. The lowest BCUT2D eigenvalue weighted by molar-refractivity contribution is 0.179. The predicted octanol–water partition coefficient (Wildman–Crippen LogP) is 13.9. The maximum atomic E-state index is 11.7. The molecule has 0 saturated carbocycles. The fraction of sp³-hybridized carbons (Fsp3) is 0.269. The Morgan fingerprint density at radius 1 is 0.500 bits per heavy atom. The molecule has 0 aliphatic rings. The molecular weight excluding hydrogens is 689 g/mol. The molecule has 4 nitrogen and oxygen atoms in total. The third-order valence-electron chi connectivity index (χ3n) is 10.5. The minimum Gasteiger partial charge on any atom is -0.507 e. The maximum absolute atomic E-state index is 11.7. The largest absolute Gasteiger partial charge is 0.507 e. The van der Waals surface area contributed by atoms with Crippen molar-refractivity contribution in [2.24, 2.45) is 5.92 Å². The van der Waals surface area contributed by atoms with E-state index in [1.54, 1.807) is 0 Å². The SMILES string of the molecule is C=CCC(COc1ccc(CCCCC)cc1-c1cccc(-c2ccccc2)c1O)COc1ccc(CCCCC)cc1-c1cccc(-c2ccccc2)c1O. The Kier molecular flexibility index (Phi) is 14.4. The first kappa shape index (κ1) is 39.9. The molecule has 0 aliphatic heterocycles. The van der Waals surface area contributed by atoms with Crippen LogP contribution in [0.3, 0.4) is 0 Å². The highest BCUT2D eigenvalue weighted by Crippen LogP contribution is 2.44. The minimum absolute atomic E-state index is 0.00448. The number of phenolic OH excluding ortho intramolecular Hbond substituents is 2. The summed E-state index contributed by atoms with van der Waals surface area (Å²) in [6.07, 6.45) is 11.4. The minimum atomic E-state index is -0.00448. The molecule has 6 aromatic rings. The van der Waals surface area contributed by atoms with Crippen LogP contribution in [0.15, 0.2) is 146 Å². The molecule has 0 saturated heterocycles. The van der Waals surface area contributed by atoms with Gasteiger partial charge < -0.3 is 19.7 Å². The number of ether oxygens (including phenoxy) is 2. The van der Waals surface area contributed by atoms with Crippen LogP contribution in [-0.2, 0) is 12.8 Å². The monoisotopic (exact) mass is 744 g/mol. The van der Waals surface area contributed by atoms with Gasteiger partial charge in [0.1, 0.15) is 23.0 Å². The first-order valence-electron chi connectivity index (χ1n) is 20.4. The number of aromatic hydroxyl groups is 2. The molecule has 6 aromatic carbocycles. The molecule has 0 amide bonds. The molecular formula is C52H56O4. The summed E-state index contributed by atoms with van der Waals surface area (Å²) in [5.74, 6) is 1.92. The van der Waals surface area contributed by atoms with E-state index in [4.69, 9.17) is 9.47 Å². The van der Waals surface area contributed by atoms with Crippen LogP contribution in [0.2, 0.25) is 0 Å². The number of para-hydroxylation sites is 2. The van der Waals surface area contributed by atoms with Gasteiger partial charge in [0.25, 0.3) is 0 Å². The number of phenols is 2. The Labute approximate surface area is 334 Å². The first-order chi connectivity index (χ1) is 27.5. The van der Waals surface area contributed by atoms with E-state index in [2.05, 4.69) is 56.8 Å². The molecule has 0 bridgehead atoms. The second-order valence-corrected chi connectivity index (χ2v) is 14.7. The number of hydrogen-bond acceptors (Lipinski definition) is 4. The van der Waals surface area contributed by atoms with Gasteiger partial charge in [0.05, 0.1) is 13.2 Å². The predicted molar refractivity (Wildman–Crippen MR) is 234 cm³/mol. The van der Waals surface area contributed by atoms with Gasteiger partial charge in [-0.1, -0.05) is 155 Å². The zero-order valence-electron chi connectivity index (χ0n) is 33.1. The van der Waals surface area contributed by atoms with Gasteiger partial charge in [0.2, 0.25) is 0 Å². The Morgan fingerprint density at radius 3 is 1.34 bits per heavy atom. The van der Waals surface area contributed by atoms with Gasteiger partial charge in [-0.3, -0.25) is 0 Å². The highest BCUT2D eigenvalue weighted by Gasteiger charge is 2.20. The molecule has 0 radical (unpaired) electrons. The van der Waals surface area contributed by atoms with Crippen LogP contribution in [0.4, 0.5) is 0 Å². The van der Waals surface area contributed by atoms with Crippen LogP contribution >= 0.6 is 0 Å². The van der Waals surface area contributed by atoms with Crippen molar-refractivity contribution in [3.63, 3.8) is 0 Å². The Morgan fingerprint density at radius 2 is 0.929 bits per heavy atom. The summed E-state index contributed by atoms with van der Waals surface area (Å²) in [5.41, 5.74) is 9.20. The average Bonchev–Trinajstić information content (AvgIpc) is 3.23. The summed E-state index contributed by atoms with van der Waals surface area (Å²) in [7, 11) is 0. The summed E-state index contributed by atoms with van der Waals surface area (Å²) in [5, 5.41) is 23.4. The van der Waals surface area contributed by atoms with Gasteiger partial charge in [-0.2, -0.15) is 0 Å².